The van der Waals surface area contributed by atoms with Gasteiger partial charge in [0, 0.05) is 23.4 Å². The number of aromatic amines is 1. The van der Waals surface area contributed by atoms with Gasteiger partial charge in [-0.15, -0.1) is 24.0 Å². The number of rotatable bonds is 6. The molecular weight excluding hydrogens is 471 g/mol. The molecule has 1 saturated carbocycles. The summed E-state index contributed by atoms with van der Waals surface area (Å²) >= 11 is 1.99. The van der Waals surface area contributed by atoms with Crippen molar-refractivity contribution in [3.63, 3.8) is 0 Å². The van der Waals surface area contributed by atoms with Crippen LogP contribution in [-0.2, 0) is 6.54 Å². The second-order valence-electron chi connectivity index (χ2n) is 6.60. The van der Waals surface area contributed by atoms with Gasteiger partial charge < -0.3 is 10.6 Å². The minimum Gasteiger partial charge on any atom is -0.357 e. The summed E-state index contributed by atoms with van der Waals surface area (Å²) in [5.74, 6) is 1.69. The second-order valence-corrected chi connectivity index (χ2v) is 7.73. The second kappa shape index (κ2) is 11.5. The summed E-state index contributed by atoms with van der Waals surface area (Å²) in [6.07, 6.45) is 8.81. The van der Waals surface area contributed by atoms with Crippen molar-refractivity contribution in [2.24, 2.45) is 4.99 Å². The van der Waals surface area contributed by atoms with Crippen molar-refractivity contribution in [2.75, 3.05) is 12.8 Å². The Morgan fingerprint density at radius 3 is 3.00 bits per heavy atom. The smallest absolute Gasteiger partial charge is 0.191 e. The average molecular weight is 500 g/mol. The van der Waals surface area contributed by atoms with E-state index in [1.54, 1.807) is 0 Å². The van der Waals surface area contributed by atoms with Gasteiger partial charge >= 0.3 is 0 Å². The van der Waals surface area contributed by atoms with Gasteiger partial charge in [0.25, 0.3) is 0 Å². The van der Waals surface area contributed by atoms with Gasteiger partial charge in [0.2, 0.25) is 0 Å². The lowest BCUT2D eigenvalue weighted by Gasteiger charge is -2.29. The van der Waals surface area contributed by atoms with Crippen LogP contribution in [0, 0.1) is 0 Å². The number of hydrogen-bond acceptors (Lipinski definition) is 4. The third-order valence-corrected chi connectivity index (χ3v) is 5.77. The molecule has 2 aromatic rings. The Bertz CT molecular complexity index is 706. The first kappa shape index (κ1) is 22.0. The molecule has 3 rings (SSSR count). The number of H-pyrrole nitrogens is 1. The van der Waals surface area contributed by atoms with Gasteiger partial charge in [-0.2, -0.15) is 16.9 Å². The van der Waals surface area contributed by atoms with Gasteiger partial charge in [0.05, 0.1) is 6.54 Å². The molecule has 0 saturated heterocycles. The molecule has 0 amide bonds. The molecular formula is C19H29IN6S. The van der Waals surface area contributed by atoms with Gasteiger partial charge in [-0.25, -0.2) is 9.98 Å². The van der Waals surface area contributed by atoms with Crippen molar-refractivity contribution in [1.82, 2.24) is 25.8 Å². The molecule has 8 heteroatoms. The Labute approximate surface area is 182 Å². The third kappa shape index (κ3) is 6.67. The Hall–Kier alpha value is -1.29. The first-order valence-corrected chi connectivity index (χ1v) is 10.6. The fourth-order valence-electron chi connectivity index (χ4n) is 3.34. The average Bonchev–Trinajstić information content (AvgIpc) is 3.22. The summed E-state index contributed by atoms with van der Waals surface area (Å²) in [4.78, 5) is 9.01. The van der Waals surface area contributed by atoms with E-state index in [0.717, 1.165) is 34.7 Å². The van der Waals surface area contributed by atoms with E-state index >= 15 is 0 Å². The highest BCUT2D eigenvalue weighted by Gasteiger charge is 2.21. The van der Waals surface area contributed by atoms with Crippen LogP contribution in [0.3, 0.4) is 0 Å². The van der Waals surface area contributed by atoms with Crippen LogP contribution >= 0.6 is 35.7 Å². The quantitative estimate of drug-likeness (QED) is 0.320. The minimum absolute atomic E-state index is 0. The van der Waals surface area contributed by atoms with E-state index in [1.165, 1.54) is 32.0 Å². The van der Waals surface area contributed by atoms with E-state index in [-0.39, 0.29) is 24.0 Å². The molecule has 148 valence electrons. The molecule has 1 aromatic carbocycles. The summed E-state index contributed by atoms with van der Waals surface area (Å²) < 4.78 is 0. The van der Waals surface area contributed by atoms with Crippen molar-refractivity contribution in [1.29, 1.82) is 0 Å². The zero-order valence-electron chi connectivity index (χ0n) is 15.9. The summed E-state index contributed by atoms with van der Waals surface area (Å²) in [6.45, 7) is 3.60. The fraction of sp³-hybridized carbons (Fsp3) is 0.526. The van der Waals surface area contributed by atoms with Crippen LogP contribution in [0.4, 0.5) is 0 Å². The van der Waals surface area contributed by atoms with Crippen LogP contribution in [0.25, 0.3) is 11.4 Å². The number of aromatic nitrogens is 3. The predicted octanol–water partition coefficient (Wildman–Crippen LogP) is 3.82. The van der Waals surface area contributed by atoms with Crippen LogP contribution in [0.1, 0.15) is 38.2 Å². The highest BCUT2D eigenvalue weighted by molar-refractivity contribution is 14.0. The Balaban J connectivity index is 0.00000261. The number of nitrogens with zero attached hydrogens (tertiary/aromatic N) is 3. The van der Waals surface area contributed by atoms with Crippen molar-refractivity contribution < 1.29 is 0 Å². The maximum absolute atomic E-state index is 4.79. The Kier molecular flexibility index (Phi) is 9.40. The van der Waals surface area contributed by atoms with E-state index < -0.39 is 0 Å². The summed E-state index contributed by atoms with van der Waals surface area (Å²) in [5, 5.41) is 14.6. The highest BCUT2D eigenvalue weighted by atomic mass is 127. The monoisotopic (exact) mass is 500 g/mol. The molecule has 2 unspecified atom stereocenters. The lowest BCUT2D eigenvalue weighted by Crippen LogP contribution is -2.45. The fourth-order valence-corrected chi connectivity index (χ4v) is 4.16. The molecule has 2 atom stereocenters. The van der Waals surface area contributed by atoms with Crippen LogP contribution in [0.5, 0.6) is 0 Å². The third-order valence-electron chi connectivity index (χ3n) is 4.68. The van der Waals surface area contributed by atoms with Crippen molar-refractivity contribution in [2.45, 2.75) is 50.4 Å². The number of nitrogens with one attached hydrogen (secondary N) is 3. The molecule has 0 radical (unpaired) electrons. The van der Waals surface area contributed by atoms with Crippen LogP contribution in [-0.4, -0.2) is 45.2 Å². The first-order chi connectivity index (χ1) is 12.8. The van der Waals surface area contributed by atoms with E-state index in [2.05, 4.69) is 51.1 Å². The van der Waals surface area contributed by atoms with Gasteiger partial charge in [0.1, 0.15) is 6.33 Å². The van der Waals surface area contributed by atoms with E-state index in [4.69, 9.17) is 4.99 Å². The number of halogens is 1. The number of thioether (sulfide) groups is 1. The number of benzene rings is 1. The van der Waals surface area contributed by atoms with Crippen molar-refractivity contribution in [3.8, 4) is 11.4 Å². The molecule has 0 aliphatic heterocycles. The van der Waals surface area contributed by atoms with E-state index in [9.17, 15) is 0 Å². The predicted molar refractivity (Wildman–Crippen MR) is 125 cm³/mol. The first-order valence-electron chi connectivity index (χ1n) is 9.30. The standard InChI is InChI=1S/C19H28N6S.HI/c1-3-20-19(24-16-8-5-9-17(11-16)26-2)21-12-14-6-4-7-15(10-14)18-22-13-23-25-18;/h4,6-7,10,13,16-17H,3,5,8-9,11-12H2,1-2H3,(H2,20,21,24)(H,22,23,25);1H. The van der Waals surface area contributed by atoms with Crippen LogP contribution in [0.15, 0.2) is 35.6 Å². The summed E-state index contributed by atoms with van der Waals surface area (Å²) in [6, 6.07) is 8.78. The molecule has 27 heavy (non-hydrogen) atoms. The zero-order chi connectivity index (χ0) is 18.2. The summed E-state index contributed by atoms with van der Waals surface area (Å²) in [5.41, 5.74) is 2.19. The number of hydrogen-bond donors (Lipinski definition) is 3. The topological polar surface area (TPSA) is 78.0 Å². The molecule has 6 nitrogen and oxygen atoms in total. The molecule has 1 aromatic heterocycles. The lowest BCUT2D eigenvalue weighted by atomic mass is 9.95. The van der Waals surface area contributed by atoms with Crippen molar-refractivity contribution in [3.05, 3.63) is 36.2 Å². The molecule has 3 N–H and O–H groups in total. The SMILES string of the molecule is CCNC(=NCc1cccc(-c2ncn[nH]2)c1)NC1CCCC(SC)C1.I. The van der Waals surface area contributed by atoms with Crippen LogP contribution in [0.2, 0.25) is 0 Å². The molecule has 0 spiro atoms. The Morgan fingerprint density at radius 1 is 1.37 bits per heavy atom. The van der Waals surface area contributed by atoms with E-state index in [0.29, 0.717) is 12.6 Å². The van der Waals surface area contributed by atoms with E-state index in [1.807, 2.05) is 23.9 Å². The molecule has 1 aliphatic carbocycles. The molecule has 1 heterocycles. The number of guanidine groups is 1. The summed E-state index contributed by atoms with van der Waals surface area (Å²) in [7, 11) is 0. The van der Waals surface area contributed by atoms with Gasteiger partial charge in [0.15, 0.2) is 11.8 Å². The largest absolute Gasteiger partial charge is 0.357 e. The van der Waals surface area contributed by atoms with Crippen LogP contribution < -0.4 is 10.6 Å². The minimum atomic E-state index is 0. The van der Waals surface area contributed by atoms with Gasteiger partial charge in [-0.3, -0.25) is 5.10 Å². The van der Waals surface area contributed by atoms with Crippen molar-refractivity contribution >= 4 is 41.7 Å². The maximum Gasteiger partial charge on any atom is 0.191 e. The lowest BCUT2D eigenvalue weighted by molar-refractivity contribution is 0.419. The maximum atomic E-state index is 4.79. The van der Waals surface area contributed by atoms with Gasteiger partial charge in [-0.05, 0) is 44.1 Å². The molecule has 1 fully saturated rings. The number of aliphatic imine (C=N–C) groups is 1. The normalized spacial score (nSPS) is 20.0. The highest BCUT2D eigenvalue weighted by Crippen LogP contribution is 2.26. The molecule has 0 bridgehead atoms. The van der Waals surface area contributed by atoms with Gasteiger partial charge in [-0.1, -0.05) is 24.6 Å². The Morgan fingerprint density at radius 2 is 2.26 bits per heavy atom. The zero-order valence-corrected chi connectivity index (χ0v) is 19.1. The molecule has 1 aliphatic rings.